The Labute approximate surface area is 88.8 Å². The van der Waals surface area contributed by atoms with Crippen molar-refractivity contribution in [1.82, 2.24) is 4.90 Å². The van der Waals surface area contributed by atoms with Gasteiger partial charge in [-0.15, -0.1) is 0 Å². The van der Waals surface area contributed by atoms with E-state index >= 15 is 0 Å². The van der Waals surface area contributed by atoms with Crippen molar-refractivity contribution in [2.24, 2.45) is 0 Å². The molecule has 1 saturated heterocycles. The molecule has 0 aliphatic carbocycles. The zero-order chi connectivity index (χ0) is 10.0. The minimum Gasteiger partial charge on any atom is -0.294 e. The molecular weight excluding hydrogens is 196 g/mol. The van der Waals surface area contributed by atoms with Crippen LogP contribution in [0.15, 0.2) is 23.8 Å². The van der Waals surface area contributed by atoms with Crippen LogP contribution in [0.1, 0.15) is 12.8 Å². The molecule has 2 aliphatic heterocycles. The number of rotatable bonds is 2. The maximum absolute atomic E-state index is 11.5. The molecule has 76 valence electrons. The first kappa shape index (κ1) is 9.80. The molecule has 2 rings (SSSR count). The average Bonchev–Trinajstić information content (AvgIpc) is 2.52. The van der Waals surface area contributed by atoms with Crippen LogP contribution in [0.25, 0.3) is 0 Å². The number of amides is 1. The monoisotopic (exact) mass is 211 g/mol. The predicted molar refractivity (Wildman–Crippen MR) is 57.9 cm³/mol. The second-order valence-electron chi connectivity index (χ2n) is 3.85. The fourth-order valence-corrected chi connectivity index (χ4v) is 2.55. The topological polar surface area (TPSA) is 20.3 Å². The summed E-state index contributed by atoms with van der Waals surface area (Å²) < 4.78 is 0.738. The third-order valence-electron chi connectivity index (χ3n) is 2.52. The van der Waals surface area contributed by atoms with Gasteiger partial charge in [0.25, 0.3) is 0 Å². The number of quaternary nitrogens is 1. The molecule has 1 amide bonds. The first-order chi connectivity index (χ1) is 6.70. The molecule has 4 heteroatoms. The highest BCUT2D eigenvalue weighted by Gasteiger charge is 2.30. The van der Waals surface area contributed by atoms with Gasteiger partial charge in [-0.3, -0.25) is 9.69 Å². The molecular formula is C10H15N2OS+. The number of allylic oxidation sites excluding steroid dienone is 2. The smallest absolute Gasteiger partial charge is 0.226 e. The average molecular weight is 211 g/mol. The van der Waals surface area contributed by atoms with Crippen LogP contribution < -0.4 is 0 Å². The summed E-state index contributed by atoms with van der Waals surface area (Å²) in [5.74, 6) is 0.299. The Morgan fingerprint density at radius 2 is 2.43 bits per heavy atom. The zero-order valence-corrected chi connectivity index (χ0v) is 9.17. The van der Waals surface area contributed by atoms with Crippen LogP contribution in [0.4, 0.5) is 0 Å². The van der Waals surface area contributed by atoms with Crippen LogP contribution in [-0.2, 0) is 4.79 Å². The Hall–Kier alpha value is -0.740. The highest BCUT2D eigenvalue weighted by Crippen LogP contribution is 2.27. The number of nitrogens with zero attached hydrogens (tertiary/aromatic N) is 2. The molecule has 1 fully saturated rings. The Kier molecular flexibility index (Phi) is 2.65. The van der Waals surface area contributed by atoms with Crippen molar-refractivity contribution in [3.05, 3.63) is 23.8 Å². The maximum atomic E-state index is 11.5. The van der Waals surface area contributed by atoms with E-state index < -0.39 is 0 Å². The minimum atomic E-state index is 0.299. The fourth-order valence-electron chi connectivity index (χ4n) is 1.76. The van der Waals surface area contributed by atoms with E-state index in [4.69, 9.17) is 0 Å². The molecule has 0 radical (unpaired) electrons. The van der Waals surface area contributed by atoms with Gasteiger partial charge in [-0.25, -0.2) is 3.89 Å². The van der Waals surface area contributed by atoms with E-state index in [0.29, 0.717) is 5.91 Å². The van der Waals surface area contributed by atoms with Crippen LogP contribution >= 0.6 is 11.9 Å². The predicted octanol–water partition coefficient (Wildman–Crippen LogP) is 1.70. The number of hydrogen-bond donors (Lipinski definition) is 0. The van der Waals surface area contributed by atoms with E-state index in [1.807, 2.05) is 17.1 Å². The first-order valence-corrected chi connectivity index (χ1v) is 5.69. The highest BCUT2D eigenvalue weighted by atomic mass is 32.2. The Balaban J connectivity index is 1.99. The summed E-state index contributed by atoms with van der Waals surface area (Å²) in [4.78, 5) is 13.4. The molecule has 1 unspecified atom stereocenters. The fraction of sp³-hybridized carbons (Fsp3) is 0.500. The summed E-state index contributed by atoms with van der Waals surface area (Å²) in [5.41, 5.74) is 0. The van der Waals surface area contributed by atoms with Gasteiger partial charge in [-0.2, -0.15) is 0 Å². The lowest BCUT2D eigenvalue weighted by Gasteiger charge is -2.31. The van der Waals surface area contributed by atoms with Crippen LogP contribution in [-0.4, -0.2) is 35.0 Å². The Bertz CT molecular complexity index is 300. The van der Waals surface area contributed by atoms with Crippen LogP contribution in [0.3, 0.4) is 0 Å². The van der Waals surface area contributed by atoms with Crippen molar-refractivity contribution < 1.29 is 8.68 Å². The summed E-state index contributed by atoms with van der Waals surface area (Å²) in [5, 5.41) is 2.07. The SMILES string of the molecule is C[N+]1(CN2CCCC2=O)C=CC=CS1. The van der Waals surface area contributed by atoms with E-state index in [1.165, 1.54) is 0 Å². The molecule has 2 heterocycles. The van der Waals surface area contributed by atoms with Crippen molar-refractivity contribution >= 4 is 17.9 Å². The van der Waals surface area contributed by atoms with Crippen molar-refractivity contribution in [2.75, 3.05) is 20.3 Å². The summed E-state index contributed by atoms with van der Waals surface area (Å²) in [6.07, 6.45) is 7.93. The minimum absolute atomic E-state index is 0.299. The number of likely N-dealkylation sites (tertiary alicyclic amines) is 1. The largest absolute Gasteiger partial charge is 0.294 e. The third-order valence-corrected chi connectivity index (χ3v) is 3.51. The lowest BCUT2D eigenvalue weighted by molar-refractivity contribution is -0.727. The standard InChI is InChI=1S/C10H15N2OS/c1-12(7-2-3-8-14-12)9-11-6-4-5-10(11)13/h2-3,7-8H,4-6,9H2,1H3/q+1. The van der Waals surface area contributed by atoms with Crippen molar-refractivity contribution in [3.8, 4) is 0 Å². The number of carbonyl (C=O) groups excluding carboxylic acids is 1. The molecule has 0 aromatic heterocycles. The van der Waals surface area contributed by atoms with Crippen molar-refractivity contribution in [1.29, 1.82) is 0 Å². The van der Waals surface area contributed by atoms with Gasteiger partial charge in [0.15, 0.2) is 6.67 Å². The van der Waals surface area contributed by atoms with Gasteiger partial charge >= 0.3 is 0 Å². The maximum Gasteiger partial charge on any atom is 0.226 e. The molecule has 0 aromatic carbocycles. The summed E-state index contributed by atoms with van der Waals surface area (Å²) in [6, 6.07) is 0. The van der Waals surface area contributed by atoms with E-state index in [2.05, 4.69) is 18.7 Å². The van der Waals surface area contributed by atoms with Gasteiger partial charge in [0, 0.05) is 18.4 Å². The summed E-state index contributed by atoms with van der Waals surface area (Å²) in [6.45, 7) is 1.70. The molecule has 0 bridgehead atoms. The van der Waals surface area contributed by atoms with Crippen LogP contribution in [0.2, 0.25) is 0 Å². The lowest BCUT2D eigenvalue weighted by Crippen LogP contribution is -2.43. The van der Waals surface area contributed by atoms with Gasteiger partial charge in [0.1, 0.15) is 18.1 Å². The van der Waals surface area contributed by atoms with E-state index in [9.17, 15) is 4.79 Å². The summed E-state index contributed by atoms with van der Waals surface area (Å²) in [7, 11) is 2.12. The molecule has 14 heavy (non-hydrogen) atoms. The van der Waals surface area contributed by atoms with E-state index in [0.717, 1.165) is 29.9 Å². The molecule has 1 atom stereocenters. The second-order valence-corrected chi connectivity index (χ2v) is 5.17. The number of carbonyl (C=O) groups is 1. The number of hydrogen-bond acceptors (Lipinski definition) is 2. The van der Waals surface area contributed by atoms with E-state index in [-0.39, 0.29) is 0 Å². The summed E-state index contributed by atoms with van der Waals surface area (Å²) >= 11 is 1.73. The molecule has 3 nitrogen and oxygen atoms in total. The van der Waals surface area contributed by atoms with Gasteiger partial charge < -0.3 is 0 Å². The first-order valence-electron chi connectivity index (χ1n) is 4.85. The molecule has 0 aromatic rings. The Morgan fingerprint density at radius 3 is 3.00 bits per heavy atom. The second kappa shape index (κ2) is 3.79. The molecule has 0 saturated carbocycles. The molecule has 0 N–H and O–H groups in total. The molecule has 0 spiro atoms. The highest BCUT2D eigenvalue weighted by molar-refractivity contribution is 7.96. The van der Waals surface area contributed by atoms with Crippen molar-refractivity contribution in [2.45, 2.75) is 12.8 Å². The van der Waals surface area contributed by atoms with Crippen LogP contribution in [0, 0.1) is 0 Å². The van der Waals surface area contributed by atoms with Gasteiger partial charge in [0.05, 0.1) is 7.05 Å². The van der Waals surface area contributed by atoms with Gasteiger partial charge in [-0.05, 0) is 18.6 Å². The quantitative estimate of drug-likeness (QED) is 0.512. The van der Waals surface area contributed by atoms with Crippen molar-refractivity contribution in [3.63, 3.8) is 0 Å². The third kappa shape index (κ3) is 2.01. The van der Waals surface area contributed by atoms with Gasteiger partial charge in [0.2, 0.25) is 5.91 Å². The Morgan fingerprint density at radius 1 is 1.57 bits per heavy atom. The zero-order valence-electron chi connectivity index (χ0n) is 8.35. The van der Waals surface area contributed by atoms with Gasteiger partial charge in [-0.1, -0.05) is 0 Å². The normalized spacial score (nSPS) is 31.5. The van der Waals surface area contributed by atoms with E-state index in [1.54, 1.807) is 11.9 Å². The van der Waals surface area contributed by atoms with Crippen LogP contribution in [0.5, 0.6) is 0 Å². The lowest BCUT2D eigenvalue weighted by atomic mass is 10.4. The molecule has 2 aliphatic rings.